The largest absolute Gasteiger partial charge is 0.337 e. The van der Waals surface area contributed by atoms with Crippen LogP contribution in [0.1, 0.15) is 69.3 Å². The van der Waals surface area contributed by atoms with E-state index in [0.29, 0.717) is 28.9 Å². The second-order valence-electron chi connectivity index (χ2n) is 9.87. The molecule has 6 heteroatoms. The van der Waals surface area contributed by atoms with Gasteiger partial charge in [0.05, 0.1) is 5.39 Å². The number of nitrogens with zero attached hydrogens (tertiary/aromatic N) is 4. The first kappa shape index (κ1) is 23.0. The normalized spacial score (nSPS) is 20.7. The topological polar surface area (TPSA) is 58.4 Å². The molecule has 0 N–H and O–H groups in total. The maximum Gasteiger partial charge on any atom is 0.274 e. The molecule has 3 heterocycles. The Bertz CT molecular complexity index is 977. The molecule has 0 radical (unpaired) electrons. The van der Waals surface area contributed by atoms with E-state index in [1.807, 2.05) is 29.2 Å². The summed E-state index contributed by atoms with van der Waals surface area (Å²) < 4.78 is 1.52. The highest BCUT2D eigenvalue weighted by Crippen LogP contribution is 2.24. The van der Waals surface area contributed by atoms with E-state index in [9.17, 15) is 9.59 Å². The first-order chi connectivity index (χ1) is 15.6. The highest BCUT2D eigenvalue weighted by molar-refractivity contribution is 6.04. The van der Waals surface area contributed by atoms with Crippen molar-refractivity contribution >= 4 is 16.7 Å². The van der Waals surface area contributed by atoms with Gasteiger partial charge in [-0.1, -0.05) is 44.9 Å². The van der Waals surface area contributed by atoms with Gasteiger partial charge in [0.1, 0.15) is 0 Å². The van der Waals surface area contributed by atoms with E-state index in [2.05, 4.69) is 23.8 Å². The van der Waals surface area contributed by atoms with Crippen LogP contribution in [0.2, 0.25) is 0 Å². The molecule has 2 aliphatic heterocycles. The van der Waals surface area contributed by atoms with Crippen LogP contribution in [0, 0.1) is 11.8 Å². The van der Waals surface area contributed by atoms with Crippen LogP contribution < -0.4 is 5.56 Å². The molecule has 1 unspecified atom stereocenters. The molecule has 1 amide bonds. The molecule has 0 spiro atoms. The maximum absolute atomic E-state index is 13.6. The molecule has 2 aliphatic rings. The zero-order chi connectivity index (χ0) is 22.5. The Morgan fingerprint density at radius 1 is 1.06 bits per heavy atom. The molecule has 1 atom stereocenters. The Labute approximate surface area is 191 Å². The second kappa shape index (κ2) is 10.6. The molecular weight excluding hydrogens is 400 g/mol. The van der Waals surface area contributed by atoms with Gasteiger partial charge >= 0.3 is 0 Å². The van der Waals surface area contributed by atoms with E-state index < -0.39 is 0 Å². The third-order valence-corrected chi connectivity index (χ3v) is 7.24. The number of likely N-dealkylation sites (tertiary alicyclic amines) is 2. The summed E-state index contributed by atoms with van der Waals surface area (Å²) in [5, 5.41) is 5.88. The molecule has 6 nitrogen and oxygen atoms in total. The van der Waals surface area contributed by atoms with Gasteiger partial charge in [-0.05, 0) is 63.1 Å². The number of amides is 1. The number of fused-ring (bicyclic) bond motifs is 1. The van der Waals surface area contributed by atoms with Gasteiger partial charge < -0.3 is 9.80 Å². The molecule has 0 aliphatic carbocycles. The molecule has 4 rings (SSSR count). The van der Waals surface area contributed by atoms with E-state index in [1.54, 1.807) is 0 Å². The molecule has 2 saturated heterocycles. The Hall–Kier alpha value is -2.21. The van der Waals surface area contributed by atoms with Crippen LogP contribution in [0.5, 0.6) is 0 Å². The molecule has 32 heavy (non-hydrogen) atoms. The first-order valence-electron chi connectivity index (χ1n) is 12.6. The maximum atomic E-state index is 13.6. The number of piperidine rings is 2. The van der Waals surface area contributed by atoms with Crippen LogP contribution in [0.3, 0.4) is 0 Å². The molecular formula is C26H38N4O2. The molecule has 174 valence electrons. The number of rotatable bonds is 7. The highest BCUT2D eigenvalue weighted by atomic mass is 16.2. The van der Waals surface area contributed by atoms with Crippen molar-refractivity contribution in [2.45, 2.75) is 65.3 Å². The van der Waals surface area contributed by atoms with Gasteiger partial charge in [-0.25, -0.2) is 4.68 Å². The fraction of sp³-hybridized carbons (Fsp3) is 0.654. The number of carbonyl (C=O) groups excluding carboxylic acids is 1. The minimum absolute atomic E-state index is 0.0255. The van der Waals surface area contributed by atoms with Gasteiger partial charge in [0.2, 0.25) is 0 Å². The molecule has 0 saturated carbocycles. The van der Waals surface area contributed by atoms with Crippen LogP contribution in [-0.4, -0.2) is 58.2 Å². The van der Waals surface area contributed by atoms with Gasteiger partial charge in [-0.15, -0.1) is 0 Å². The summed E-state index contributed by atoms with van der Waals surface area (Å²) in [5.41, 5.74) is 0.341. The minimum atomic E-state index is -0.0934. The van der Waals surface area contributed by atoms with Gasteiger partial charge in [-0.2, -0.15) is 5.10 Å². The summed E-state index contributed by atoms with van der Waals surface area (Å²) >= 11 is 0. The Balaban J connectivity index is 1.53. The smallest absolute Gasteiger partial charge is 0.274 e. The summed E-state index contributed by atoms with van der Waals surface area (Å²) in [6.45, 7) is 10.1. The third-order valence-electron chi connectivity index (χ3n) is 7.24. The van der Waals surface area contributed by atoms with E-state index in [1.165, 1.54) is 37.0 Å². The predicted octanol–water partition coefficient (Wildman–Crippen LogP) is 4.17. The molecule has 1 aromatic heterocycles. The number of aromatic nitrogens is 2. The summed E-state index contributed by atoms with van der Waals surface area (Å²) in [6.07, 6.45) is 7.81. The van der Waals surface area contributed by atoms with E-state index >= 15 is 0 Å². The predicted molar refractivity (Wildman–Crippen MR) is 129 cm³/mol. The Morgan fingerprint density at radius 2 is 1.81 bits per heavy atom. The van der Waals surface area contributed by atoms with Crippen LogP contribution in [0.25, 0.3) is 10.8 Å². The molecule has 2 fully saturated rings. The lowest BCUT2D eigenvalue weighted by Crippen LogP contribution is -2.45. The lowest BCUT2D eigenvalue weighted by atomic mass is 9.94. The summed E-state index contributed by atoms with van der Waals surface area (Å²) in [4.78, 5) is 31.1. The summed E-state index contributed by atoms with van der Waals surface area (Å²) in [6, 6.07) is 7.44. The number of hydrogen-bond donors (Lipinski definition) is 0. The van der Waals surface area contributed by atoms with Gasteiger partial charge in [0.15, 0.2) is 5.69 Å². The number of carbonyl (C=O) groups is 1. The fourth-order valence-corrected chi connectivity index (χ4v) is 5.21. The Kier molecular flexibility index (Phi) is 7.61. The second-order valence-corrected chi connectivity index (χ2v) is 9.87. The number of aryl methyl sites for hydroxylation is 1. The van der Waals surface area contributed by atoms with Crippen molar-refractivity contribution in [1.29, 1.82) is 0 Å². The van der Waals surface area contributed by atoms with E-state index in [4.69, 9.17) is 0 Å². The number of hydrogen-bond acceptors (Lipinski definition) is 4. The van der Waals surface area contributed by atoms with Crippen molar-refractivity contribution in [2.24, 2.45) is 11.8 Å². The van der Waals surface area contributed by atoms with Crippen molar-refractivity contribution < 1.29 is 4.79 Å². The van der Waals surface area contributed by atoms with Crippen LogP contribution in [0.15, 0.2) is 29.1 Å². The minimum Gasteiger partial charge on any atom is -0.337 e. The third kappa shape index (κ3) is 5.22. The van der Waals surface area contributed by atoms with Gasteiger partial charge in [0, 0.05) is 31.6 Å². The quantitative estimate of drug-likeness (QED) is 0.609. The zero-order valence-corrected chi connectivity index (χ0v) is 19.8. The van der Waals surface area contributed by atoms with E-state index in [0.717, 1.165) is 51.2 Å². The monoisotopic (exact) mass is 438 g/mol. The van der Waals surface area contributed by atoms with Crippen molar-refractivity contribution in [2.75, 3.05) is 32.7 Å². The van der Waals surface area contributed by atoms with E-state index in [-0.39, 0.29) is 11.5 Å². The number of unbranched alkanes of at least 4 members (excludes halogenated alkanes) is 2. The average molecular weight is 439 g/mol. The van der Waals surface area contributed by atoms with Gasteiger partial charge in [-0.3, -0.25) is 9.59 Å². The molecule has 0 bridgehead atoms. The average Bonchev–Trinajstić information content (AvgIpc) is 2.82. The van der Waals surface area contributed by atoms with Crippen LogP contribution in [0.4, 0.5) is 0 Å². The van der Waals surface area contributed by atoms with Crippen molar-refractivity contribution in [1.82, 2.24) is 19.6 Å². The fourth-order valence-electron chi connectivity index (χ4n) is 5.21. The van der Waals surface area contributed by atoms with Gasteiger partial charge in [0.25, 0.3) is 11.5 Å². The van der Waals surface area contributed by atoms with Crippen molar-refractivity contribution in [3.63, 3.8) is 0 Å². The Morgan fingerprint density at radius 3 is 2.56 bits per heavy atom. The lowest BCUT2D eigenvalue weighted by Gasteiger charge is -2.37. The zero-order valence-electron chi connectivity index (χ0n) is 19.8. The van der Waals surface area contributed by atoms with Crippen molar-refractivity contribution in [3.05, 3.63) is 40.3 Å². The summed E-state index contributed by atoms with van der Waals surface area (Å²) in [7, 11) is 0. The number of benzene rings is 1. The molecule has 2 aromatic rings. The highest BCUT2D eigenvalue weighted by Gasteiger charge is 2.29. The first-order valence-corrected chi connectivity index (χ1v) is 12.6. The van der Waals surface area contributed by atoms with Crippen LogP contribution in [-0.2, 0) is 6.54 Å². The van der Waals surface area contributed by atoms with Crippen LogP contribution >= 0.6 is 0 Å². The summed E-state index contributed by atoms with van der Waals surface area (Å²) in [5.74, 6) is 1.33. The SMILES string of the molecule is CCCCCn1nc(C(=O)N2CCCC(CN3CCC(C)CC3)C2)c2ccccc2c1=O. The lowest BCUT2D eigenvalue weighted by molar-refractivity contribution is 0.0616. The molecule has 1 aromatic carbocycles. The standard InChI is InChI=1S/C26H38N4O2/c1-3-4-7-15-30-25(31)23-11-6-5-10-22(23)24(27-30)26(32)29-14-8-9-21(19-29)18-28-16-12-20(2)13-17-28/h5-6,10-11,20-21H,3-4,7-9,12-19H2,1-2H3. The van der Waals surface area contributed by atoms with Crippen molar-refractivity contribution in [3.8, 4) is 0 Å².